The van der Waals surface area contributed by atoms with Crippen LogP contribution < -0.4 is 10.1 Å². The summed E-state index contributed by atoms with van der Waals surface area (Å²) in [6, 6.07) is 21.8. The van der Waals surface area contributed by atoms with E-state index in [-0.39, 0.29) is 11.1 Å². The summed E-state index contributed by atoms with van der Waals surface area (Å²) in [4.78, 5) is 28.9. The summed E-state index contributed by atoms with van der Waals surface area (Å²) in [7, 11) is 0. The number of halogens is 2. The summed E-state index contributed by atoms with van der Waals surface area (Å²) in [5.41, 5.74) is 2.21. The highest BCUT2D eigenvalue weighted by molar-refractivity contribution is 9.10. The maximum Gasteiger partial charge on any atom is 0.279 e. The van der Waals surface area contributed by atoms with Gasteiger partial charge in [-0.05, 0) is 65.4 Å². The van der Waals surface area contributed by atoms with E-state index >= 15 is 0 Å². The summed E-state index contributed by atoms with van der Waals surface area (Å²) >= 11 is 10.9. The quantitative estimate of drug-likeness (QED) is 0.408. The molecule has 5 nitrogen and oxygen atoms in total. The lowest BCUT2D eigenvalue weighted by molar-refractivity contribution is -0.115. The summed E-state index contributed by atoms with van der Waals surface area (Å²) < 4.78 is 6.81. The second-order valence-corrected chi connectivity index (χ2v) is 9.11. The zero-order chi connectivity index (χ0) is 22.5. The number of benzene rings is 3. The number of hydrogen-bond acceptors (Lipinski definition) is 4. The lowest BCUT2D eigenvalue weighted by atomic mass is 10.2. The Morgan fingerprint density at radius 3 is 2.56 bits per heavy atom. The van der Waals surface area contributed by atoms with Crippen LogP contribution in [0, 0.1) is 0 Å². The Kier molecular flexibility index (Phi) is 7.09. The van der Waals surface area contributed by atoms with Gasteiger partial charge in [-0.25, -0.2) is 0 Å². The van der Waals surface area contributed by atoms with Crippen LogP contribution in [-0.2, 0) is 11.4 Å². The molecule has 1 saturated heterocycles. The molecule has 0 saturated carbocycles. The normalized spacial score (nSPS) is 15.8. The zero-order valence-corrected chi connectivity index (χ0v) is 19.7. The van der Waals surface area contributed by atoms with Crippen LogP contribution in [0.4, 0.5) is 0 Å². The number of hydrogen-bond donors (Lipinski definition) is 1. The first-order chi connectivity index (χ1) is 15.5. The summed E-state index contributed by atoms with van der Waals surface area (Å²) in [5, 5.41) is 3.30. The molecule has 1 aliphatic heterocycles. The molecule has 0 spiro atoms. The van der Waals surface area contributed by atoms with E-state index in [4.69, 9.17) is 16.3 Å². The van der Waals surface area contributed by atoms with Gasteiger partial charge in [0.15, 0.2) is 5.17 Å². The van der Waals surface area contributed by atoms with Crippen molar-refractivity contribution in [2.24, 2.45) is 4.99 Å². The highest BCUT2D eigenvalue weighted by atomic mass is 79.9. The van der Waals surface area contributed by atoms with Crippen molar-refractivity contribution in [3.05, 3.63) is 104 Å². The fourth-order valence-corrected chi connectivity index (χ4v) is 4.16. The molecule has 0 atom stereocenters. The van der Waals surface area contributed by atoms with E-state index in [9.17, 15) is 9.59 Å². The van der Waals surface area contributed by atoms with Gasteiger partial charge >= 0.3 is 0 Å². The fourth-order valence-electron chi connectivity index (χ4n) is 2.84. The van der Waals surface area contributed by atoms with Crippen LogP contribution in [0.2, 0.25) is 5.02 Å². The van der Waals surface area contributed by atoms with E-state index in [2.05, 4.69) is 26.2 Å². The maximum absolute atomic E-state index is 12.3. The highest BCUT2D eigenvalue weighted by Crippen LogP contribution is 2.30. The number of thioether (sulfide) groups is 1. The first-order valence-electron chi connectivity index (χ1n) is 9.54. The lowest BCUT2D eigenvalue weighted by Gasteiger charge is -2.09. The molecular formula is C24H16BrClN2O3S. The molecule has 1 fully saturated rings. The molecule has 3 aromatic carbocycles. The molecule has 1 N–H and O–H groups in total. The van der Waals surface area contributed by atoms with Gasteiger partial charge in [0.1, 0.15) is 12.4 Å². The van der Waals surface area contributed by atoms with E-state index in [1.807, 2.05) is 36.4 Å². The Labute approximate surface area is 202 Å². The van der Waals surface area contributed by atoms with Gasteiger partial charge in [0.05, 0.1) is 9.93 Å². The standard InChI is InChI=1S/C24H16BrClN2O3S/c25-18-9-6-15(7-10-18)14-31-20-11-8-16(12-19(20)26)13-21-23(30)28-24(32-21)27-22(29)17-4-2-1-3-5-17/h1-13H,14H2,(H,27,28,29,30)/b21-13-. The molecular weight excluding hydrogens is 512 g/mol. The Bertz CT molecular complexity index is 1230. The van der Waals surface area contributed by atoms with Crippen molar-refractivity contribution in [2.45, 2.75) is 6.61 Å². The van der Waals surface area contributed by atoms with Crippen molar-refractivity contribution in [1.29, 1.82) is 0 Å². The van der Waals surface area contributed by atoms with Crippen LogP contribution in [0.15, 0.2) is 87.2 Å². The molecule has 0 unspecified atom stereocenters. The number of amidine groups is 1. The summed E-state index contributed by atoms with van der Waals surface area (Å²) in [6.45, 7) is 0.390. The Morgan fingerprint density at radius 1 is 1.09 bits per heavy atom. The number of carbonyl (C=O) groups is 2. The van der Waals surface area contributed by atoms with E-state index in [1.54, 1.807) is 42.5 Å². The second-order valence-electron chi connectivity index (χ2n) is 6.76. The first kappa shape index (κ1) is 22.3. The molecule has 160 valence electrons. The van der Waals surface area contributed by atoms with Gasteiger partial charge in [0.2, 0.25) is 0 Å². The van der Waals surface area contributed by atoms with Crippen LogP contribution in [0.1, 0.15) is 21.5 Å². The van der Waals surface area contributed by atoms with Crippen LogP contribution in [0.25, 0.3) is 6.08 Å². The average Bonchev–Trinajstić information content (AvgIpc) is 3.13. The minimum absolute atomic E-state index is 0.246. The topological polar surface area (TPSA) is 67.8 Å². The van der Waals surface area contributed by atoms with E-state index < -0.39 is 5.91 Å². The Balaban J connectivity index is 1.43. The predicted octanol–water partition coefficient (Wildman–Crippen LogP) is 6.08. The second kappa shape index (κ2) is 10.2. The highest BCUT2D eigenvalue weighted by Gasteiger charge is 2.25. The van der Waals surface area contributed by atoms with Crippen molar-refractivity contribution in [3.63, 3.8) is 0 Å². The molecule has 32 heavy (non-hydrogen) atoms. The van der Waals surface area contributed by atoms with Crippen LogP contribution in [0.5, 0.6) is 5.75 Å². The van der Waals surface area contributed by atoms with Gasteiger partial charge in [0.25, 0.3) is 11.8 Å². The largest absolute Gasteiger partial charge is 0.487 e. The molecule has 0 aromatic heterocycles. The SMILES string of the molecule is O=C1NC(=NC(=O)c2ccccc2)S/C1=C\c1ccc(OCc2ccc(Br)cc2)c(Cl)c1. The predicted molar refractivity (Wildman–Crippen MR) is 132 cm³/mol. The third-order valence-corrected chi connectivity index (χ3v) is 6.17. The Hall–Kier alpha value is -2.87. The van der Waals surface area contributed by atoms with Crippen molar-refractivity contribution < 1.29 is 14.3 Å². The summed E-state index contributed by atoms with van der Waals surface area (Å²) in [6.07, 6.45) is 1.69. The molecule has 0 radical (unpaired) electrons. The number of carbonyl (C=O) groups excluding carboxylic acids is 2. The number of ether oxygens (including phenoxy) is 1. The number of aliphatic imine (C=N–C) groups is 1. The van der Waals surface area contributed by atoms with E-state index in [0.717, 1.165) is 27.4 Å². The zero-order valence-electron chi connectivity index (χ0n) is 16.5. The molecule has 8 heteroatoms. The first-order valence-corrected chi connectivity index (χ1v) is 11.5. The van der Waals surface area contributed by atoms with E-state index in [1.165, 1.54) is 0 Å². The van der Waals surface area contributed by atoms with Crippen molar-refractivity contribution in [2.75, 3.05) is 0 Å². The lowest BCUT2D eigenvalue weighted by Crippen LogP contribution is -2.20. The number of nitrogens with one attached hydrogen (secondary N) is 1. The van der Waals surface area contributed by atoms with Crippen molar-refractivity contribution in [3.8, 4) is 5.75 Å². The maximum atomic E-state index is 12.3. The average molecular weight is 528 g/mol. The van der Waals surface area contributed by atoms with Crippen LogP contribution in [0.3, 0.4) is 0 Å². The molecule has 1 aliphatic rings. The minimum Gasteiger partial charge on any atom is -0.487 e. The number of rotatable bonds is 5. The third kappa shape index (κ3) is 5.68. The van der Waals surface area contributed by atoms with Crippen LogP contribution in [-0.4, -0.2) is 17.0 Å². The molecule has 3 aromatic rings. The smallest absolute Gasteiger partial charge is 0.279 e. The van der Waals surface area contributed by atoms with Gasteiger partial charge < -0.3 is 10.1 Å². The minimum atomic E-state index is -0.412. The van der Waals surface area contributed by atoms with E-state index in [0.29, 0.717) is 27.8 Å². The summed E-state index contributed by atoms with van der Waals surface area (Å²) in [5.74, 6) is -0.178. The fraction of sp³-hybridized carbons (Fsp3) is 0.0417. The molecule has 0 aliphatic carbocycles. The van der Waals surface area contributed by atoms with Gasteiger partial charge in [-0.1, -0.05) is 63.9 Å². The third-order valence-electron chi connectivity index (χ3n) is 4.44. The van der Waals surface area contributed by atoms with Gasteiger partial charge in [0, 0.05) is 10.0 Å². The monoisotopic (exact) mass is 526 g/mol. The van der Waals surface area contributed by atoms with Gasteiger partial charge in [-0.2, -0.15) is 4.99 Å². The van der Waals surface area contributed by atoms with Gasteiger partial charge in [-0.3, -0.25) is 9.59 Å². The van der Waals surface area contributed by atoms with Gasteiger partial charge in [-0.15, -0.1) is 0 Å². The van der Waals surface area contributed by atoms with Crippen molar-refractivity contribution in [1.82, 2.24) is 5.32 Å². The van der Waals surface area contributed by atoms with Crippen LogP contribution >= 0.6 is 39.3 Å². The number of nitrogens with zero attached hydrogens (tertiary/aromatic N) is 1. The molecule has 2 amide bonds. The molecule has 0 bridgehead atoms. The van der Waals surface area contributed by atoms with Crippen molar-refractivity contribution >= 4 is 62.4 Å². The molecule has 4 rings (SSSR count). The number of amides is 2. The molecule has 1 heterocycles. The Morgan fingerprint density at radius 2 is 1.84 bits per heavy atom.